The smallest absolute Gasteiger partial charge is 0.272 e. The molecule has 2 aromatic rings. The quantitative estimate of drug-likeness (QED) is 0.889. The molecule has 0 amide bonds. The van der Waals surface area contributed by atoms with Crippen LogP contribution >= 0.6 is 0 Å². The molecular formula is C12H12F2N2O. The number of halogens is 2. The fourth-order valence-corrected chi connectivity index (χ4v) is 1.61. The molecule has 5 heteroatoms. The number of benzene rings is 1. The Morgan fingerprint density at radius 3 is 2.76 bits per heavy atom. The highest BCUT2D eigenvalue weighted by atomic mass is 19.3. The van der Waals surface area contributed by atoms with E-state index in [1.54, 1.807) is 12.1 Å². The summed E-state index contributed by atoms with van der Waals surface area (Å²) < 4.78 is 29.0. The molecule has 0 aliphatic rings. The molecule has 3 nitrogen and oxygen atoms in total. The number of hydrogen-bond acceptors (Lipinski definition) is 3. The van der Waals surface area contributed by atoms with Crippen molar-refractivity contribution in [2.75, 3.05) is 6.61 Å². The van der Waals surface area contributed by atoms with Gasteiger partial charge in [-0.1, -0.05) is 18.2 Å². The van der Waals surface area contributed by atoms with Crippen LogP contribution in [0.1, 0.15) is 5.56 Å². The lowest BCUT2D eigenvalue weighted by molar-refractivity contribution is 0.0797. The van der Waals surface area contributed by atoms with E-state index in [0.717, 1.165) is 10.9 Å². The van der Waals surface area contributed by atoms with Gasteiger partial charge in [-0.05, 0) is 11.6 Å². The molecule has 2 N–H and O–H groups in total. The number of aromatic nitrogens is 1. The first-order valence-electron chi connectivity index (χ1n) is 5.20. The Balaban J connectivity index is 2.38. The molecular weight excluding hydrogens is 226 g/mol. The maximum Gasteiger partial charge on any atom is 0.272 e. The lowest BCUT2D eigenvalue weighted by Gasteiger charge is -2.09. The third kappa shape index (κ3) is 2.68. The first kappa shape index (κ1) is 11.7. The average Bonchev–Trinajstić information content (AvgIpc) is 2.35. The SMILES string of the molecule is NCc1cc(OCC(F)F)nc2ccccc12. The summed E-state index contributed by atoms with van der Waals surface area (Å²) in [4.78, 5) is 4.14. The monoisotopic (exact) mass is 238 g/mol. The van der Waals surface area contributed by atoms with Crippen molar-refractivity contribution >= 4 is 10.9 Å². The van der Waals surface area contributed by atoms with Crippen molar-refractivity contribution in [3.63, 3.8) is 0 Å². The van der Waals surface area contributed by atoms with Gasteiger partial charge >= 0.3 is 0 Å². The lowest BCUT2D eigenvalue weighted by Crippen LogP contribution is -2.09. The zero-order chi connectivity index (χ0) is 12.3. The zero-order valence-electron chi connectivity index (χ0n) is 9.07. The normalized spacial score (nSPS) is 11.1. The third-order valence-electron chi connectivity index (χ3n) is 2.36. The summed E-state index contributed by atoms with van der Waals surface area (Å²) >= 11 is 0. The van der Waals surface area contributed by atoms with E-state index in [0.29, 0.717) is 12.1 Å². The minimum Gasteiger partial charge on any atom is -0.472 e. The number of ether oxygens (including phenoxy) is 1. The molecule has 0 fully saturated rings. The van der Waals surface area contributed by atoms with Crippen LogP contribution in [0.25, 0.3) is 10.9 Å². The van der Waals surface area contributed by atoms with Crippen LogP contribution in [0.3, 0.4) is 0 Å². The predicted octanol–water partition coefficient (Wildman–Crippen LogP) is 2.34. The van der Waals surface area contributed by atoms with Crippen LogP contribution in [-0.4, -0.2) is 18.0 Å². The Labute approximate surface area is 97.2 Å². The zero-order valence-corrected chi connectivity index (χ0v) is 9.07. The van der Waals surface area contributed by atoms with E-state index in [2.05, 4.69) is 4.98 Å². The first-order valence-corrected chi connectivity index (χ1v) is 5.20. The van der Waals surface area contributed by atoms with Crippen molar-refractivity contribution in [2.45, 2.75) is 13.0 Å². The maximum absolute atomic E-state index is 12.0. The number of nitrogens with zero attached hydrogens (tertiary/aromatic N) is 1. The Kier molecular flexibility index (Phi) is 3.49. The van der Waals surface area contributed by atoms with Crippen LogP contribution in [0.2, 0.25) is 0 Å². The summed E-state index contributed by atoms with van der Waals surface area (Å²) in [6, 6.07) is 8.99. The van der Waals surface area contributed by atoms with Gasteiger partial charge in [-0.3, -0.25) is 0 Å². The molecule has 17 heavy (non-hydrogen) atoms. The van der Waals surface area contributed by atoms with E-state index in [9.17, 15) is 8.78 Å². The number of pyridine rings is 1. The molecule has 0 radical (unpaired) electrons. The average molecular weight is 238 g/mol. The minimum atomic E-state index is -2.51. The number of alkyl halides is 2. The molecule has 0 aliphatic carbocycles. The van der Waals surface area contributed by atoms with Gasteiger partial charge in [0.25, 0.3) is 6.43 Å². The number of hydrogen-bond donors (Lipinski definition) is 1. The van der Waals surface area contributed by atoms with Crippen molar-refractivity contribution in [2.24, 2.45) is 5.73 Å². The van der Waals surface area contributed by atoms with Gasteiger partial charge in [0.15, 0.2) is 6.61 Å². The molecule has 2 rings (SSSR count). The van der Waals surface area contributed by atoms with Crippen molar-refractivity contribution in [1.82, 2.24) is 4.98 Å². The summed E-state index contributed by atoms with van der Waals surface area (Å²) in [5.41, 5.74) is 7.14. The van der Waals surface area contributed by atoms with Crippen LogP contribution in [-0.2, 0) is 6.54 Å². The second-order valence-corrected chi connectivity index (χ2v) is 3.54. The second kappa shape index (κ2) is 5.05. The molecule has 0 bridgehead atoms. The van der Waals surface area contributed by atoms with Crippen LogP contribution in [0.5, 0.6) is 5.88 Å². The largest absolute Gasteiger partial charge is 0.472 e. The molecule has 0 unspecified atom stereocenters. The van der Waals surface area contributed by atoms with Crippen LogP contribution < -0.4 is 10.5 Å². The topological polar surface area (TPSA) is 48.1 Å². The fraction of sp³-hybridized carbons (Fsp3) is 0.250. The minimum absolute atomic E-state index is 0.185. The van der Waals surface area contributed by atoms with Gasteiger partial charge < -0.3 is 10.5 Å². The van der Waals surface area contributed by atoms with Crippen LogP contribution in [0.15, 0.2) is 30.3 Å². The number of nitrogens with two attached hydrogens (primary N) is 1. The summed E-state index contributed by atoms with van der Waals surface area (Å²) in [5.74, 6) is 0.185. The van der Waals surface area contributed by atoms with E-state index in [1.807, 2.05) is 18.2 Å². The van der Waals surface area contributed by atoms with Crippen molar-refractivity contribution < 1.29 is 13.5 Å². The third-order valence-corrected chi connectivity index (χ3v) is 2.36. The van der Waals surface area contributed by atoms with Gasteiger partial charge in [-0.2, -0.15) is 0 Å². The Hall–Kier alpha value is -1.75. The molecule has 0 aliphatic heterocycles. The fourth-order valence-electron chi connectivity index (χ4n) is 1.61. The maximum atomic E-state index is 12.0. The highest BCUT2D eigenvalue weighted by molar-refractivity contribution is 5.82. The van der Waals surface area contributed by atoms with Gasteiger partial charge in [0, 0.05) is 18.0 Å². The van der Waals surface area contributed by atoms with Gasteiger partial charge in [-0.25, -0.2) is 13.8 Å². The molecule has 0 saturated heterocycles. The number of rotatable bonds is 4. The van der Waals surface area contributed by atoms with Gasteiger partial charge in [0.1, 0.15) is 0 Å². The highest BCUT2D eigenvalue weighted by Gasteiger charge is 2.08. The highest BCUT2D eigenvalue weighted by Crippen LogP contribution is 2.21. The molecule has 0 saturated carbocycles. The number of para-hydroxylation sites is 1. The Morgan fingerprint density at radius 2 is 2.06 bits per heavy atom. The van der Waals surface area contributed by atoms with Crippen molar-refractivity contribution in [3.8, 4) is 5.88 Å². The Morgan fingerprint density at radius 1 is 1.29 bits per heavy atom. The molecule has 0 spiro atoms. The molecule has 90 valence electrons. The van der Waals surface area contributed by atoms with E-state index in [4.69, 9.17) is 10.5 Å². The van der Waals surface area contributed by atoms with Crippen LogP contribution in [0, 0.1) is 0 Å². The van der Waals surface area contributed by atoms with Gasteiger partial charge in [0.05, 0.1) is 5.52 Å². The van der Waals surface area contributed by atoms with E-state index in [1.165, 1.54) is 0 Å². The van der Waals surface area contributed by atoms with E-state index < -0.39 is 13.0 Å². The first-order chi connectivity index (χ1) is 8.20. The molecule has 1 aromatic carbocycles. The summed E-state index contributed by atoms with van der Waals surface area (Å²) in [6.45, 7) is -0.344. The van der Waals surface area contributed by atoms with Crippen molar-refractivity contribution in [1.29, 1.82) is 0 Å². The summed E-state index contributed by atoms with van der Waals surface area (Å²) in [6.07, 6.45) is -2.51. The summed E-state index contributed by atoms with van der Waals surface area (Å²) in [5, 5.41) is 0.916. The van der Waals surface area contributed by atoms with Crippen LogP contribution in [0.4, 0.5) is 8.78 Å². The van der Waals surface area contributed by atoms with Gasteiger partial charge in [-0.15, -0.1) is 0 Å². The molecule has 0 atom stereocenters. The number of fused-ring (bicyclic) bond motifs is 1. The molecule has 1 heterocycles. The Bertz CT molecular complexity index is 517. The standard InChI is InChI=1S/C12H12F2N2O/c13-11(14)7-17-12-5-8(6-15)9-3-1-2-4-10(9)16-12/h1-5,11H,6-7,15H2. The molecule has 1 aromatic heterocycles. The summed E-state index contributed by atoms with van der Waals surface area (Å²) in [7, 11) is 0. The van der Waals surface area contributed by atoms with E-state index in [-0.39, 0.29) is 5.88 Å². The predicted molar refractivity (Wildman–Crippen MR) is 61.1 cm³/mol. The van der Waals surface area contributed by atoms with E-state index >= 15 is 0 Å². The second-order valence-electron chi connectivity index (χ2n) is 3.54. The lowest BCUT2D eigenvalue weighted by atomic mass is 10.1. The van der Waals surface area contributed by atoms with Gasteiger partial charge in [0.2, 0.25) is 5.88 Å². The van der Waals surface area contributed by atoms with Crippen molar-refractivity contribution in [3.05, 3.63) is 35.9 Å².